The second-order valence-electron chi connectivity index (χ2n) is 3.75. The minimum Gasteiger partial charge on any atom is -0.481 e. The van der Waals surface area contributed by atoms with Gasteiger partial charge in [-0.1, -0.05) is 6.07 Å². The Hall–Kier alpha value is -2.04. The maximum absolute atomic E-state index is 11.6. The fraction of sp³-hybridized carbons (Fsp3) is 0.273. The van der Waals surface area contributed by atoms with Crippen molar-refractivity contribution in [3.05, 3.63) is 34.2 Å². The van der Waals surface area contributed by atoms with E-state index in [9.17, 15) is 9.59 Å². The lowest BCUT2D eigenvalue weighted by Gasteiger charge is -2.00. The molecule has 0 fully saturated rings. The molecular weight excluding hydrogens is 208 g/mol. The lowest BCUT2D eigenvalue weighted by Crippen LogP contribution is -2.18. The smallest absolute Gasteiger partial charge is 0.326 e. The van der Waals surface area contributed by atoms with E-state index in [0.29, 0.717) is 0 Å². The number of hydrogen-bond acceptors (Lipinski definition) is 2. The summed E-state index contributed by atoms with van der Waals surface area (Å²) in [6, 6.07) is 5.59. The molecule has 0 spiro atoms. The molecule has 1 heterocycles. The van der Waals surface area contributed by atoms with Crippen molar-refractivity contribution in [3.8, 4) is 0 Å². The zero-order chi connectivity index (χ0) is 11.7. The number of H-pyrrole nitrogens is 1. The van der Waals surface area contributed by atoms with E-state index in [4.69, 9.17) is 5.11 Å². The van der Waals surface area contributed by atoms with E-state index in [2.05, 4.69) is 4.98 Å². The molecule has 0 aliphatic rings. The van der Waals surface area contributed by atoms with Crippen LogP contribution in [-0.2, 0) is 11.3 Å². The maximum atomic E-state index is 11.6. The number of aliphatic carboxylic acids is 1. The molecule has 0 atom stereocenters. The molecule has 2 aromatic rings. The maximum Gasteiger partial charge on any atom is 0.326 e. The molecule has 16 heavy (non-hydrogen) atoms. The van der Waals surface area contributed by atoms with Crippen molar-refractivity contribution in [1.29, 1.82) is 0 Å². The average Bonchev–Trinajstić information content (AvgIpc) is 2.50. The van der Waals surface area contributed by atoms with Gasteiger partial charge in [-0.25, -0.2) is 4.79 Å². The van der Waals surface area contributed by atoms with Gasteiger partial charge < -0.3 is 10.1 Å². The lowest BCUT2D eigenvalue weighted by molar-refractivity contribution is -0.137. The summed E-state index contributed by atoms with van der Waals surface area (Å²) in [6.45, 7) is 2.13. The number of aryl methyl sites for hydroxylation is 2. The third kappa shape index (κ3) is 1.84. The van der Waals surface area contributed by atoms with Crippen LogP contribution in [0.2, 0.25) is 0 Å². The van der Waals surface area contributed by atoms with Crippen LogP contribution in [0.1, 0.15) is 12.0 Å². The van der Waals surface area contributed by atoms with E-state index in [0.717, 1.165) is 16.6 Å². The van der Waals surface area contributed by atoms with Crippen LogP contribution in [0.4, 0.5) is 0 Å². The van der Waals surface area contributed by atoms with E-state index < -0.39 is 5.97 Å². The quantitative estimate of drug-likeness (QED) is 0.813. The first-order valence-electron chi connectivity index (χ1n) is 4.99. The molecule has 5 heteroatoms. The average molecular weight is 220 g/mol. The number of carboxylic acid groups (broad SMARTS) is 1. The van der Waals surface area contributed by atoms with Gasteiger partial charge in [0.1, 0.15) is 0 Å². The molecule has 5 nitrogen and oxygen atoms in total. The number of aromatic nitrogens is 2. The Bertz CT molecular complexity index is 595. The fourth-order valence-corrected chi connectivity index (χ4v) is 1.71. The number of imidazole rings is 1. The normalized spacial score (nSPS) is 10.8. The molecule has 84 valence electrons. The van der Waals surface area contributed by atoms with Crippen molar-refractivity contribution in [2.24, 2.45) is 0 Å². The minimum atomic E-state index is -0.909. The summed E-state index contributed by atoms with van der Waals surface area (Å²) >= 11 is 0. The predicted molar refractivity (Wildman–Crippen MR) is 59.5 cm³/mol. The Balaban J connectivity index is 2.48. The first-order valence-corrected chi connectivity index (χ1v) is 4.99. The third-order valence-electron chi connectivity index (χ3n) is 2.48. The van der Waals surface area contributed by atoms with Gasteiger partial charge in [-0.3, -0.25) is 9.36 Å². The highest BCUT2D eigenvalue weighted by molar-refractivity contribution is 5.76. The predicted octanol–water partition coefficient (Wildman–Crippen LogP) is 1.11. The first-order chi connectivity index (χ1) is 7.58. The summed E-state index contributed by atoms with van der Waals surface area (Å²) in [6.07, 6.45) is -0.0548. The number of nitrogens with one attached hydrogen (secondary N) is 1. The highest BCUT2D eigenvalue weighted by atomic mass is 16.4. The van der Waals surface area contributed by atoms with Crippen LogP contribution in [0.25, 0.3) is 11.0 Å². The van der Waals surface area contributed by atoms with Crippen LogP contribution in [0.3, 0.4) is 0 Å². The number of carboxylic acids is 1. The Morgan fingerprint density at radius 1 is 1.50 bits per heavy atom. The third-order valence-corrected chi connectivity index (χ3v) is 2.48. The van der Waals surface area contributed by atoms with E-state index in [-0.39, 0.29) is 18.7 Å². The summed E-state index contributed by atoms with van der Waals surface area (Å²) in [5.41, 5.74) is 2.29. The van der Waals surface area contributed by atoms with Gasteiger partial charge in [0.25, 0.3) is 0 Å². The molecule has 0 bridgehead atoms. The van der Waals surface area contributed by atoms with Gasteiger partial charge in [0.05, 0.1) is 17.5 Å². The molecule has 2 rings (SSSR count). The molecule has 1 aromatic carbocycles. The number of fused-ring (bicyclic) bond motifs is 1. The second-order valence-corrected chi connectivity index (χ2v) is 3.75. The van der Waals surface area contributed by atoms with Crippen LogP contribution in [0.5, 0.6) is 0 Å². The van der Waals surface area contributed by atoms with Crippen LogP contribution in [0.15, 0.2) is 23.0 Å². The lowest BCUT2D eigenvalue weighted by atomic mass is 10.2. The minimum absolute atomic E-state index is 0.0548. The van der Waals surface area contributed by atoms with Crippen molar-refractivity contribution in [2.45, 2.75) is 19.9 Å². The molecule has 0 unspecified atom stereocenters. The van der Waals surface area contributed by atoms with E-state index in [1.165, 1.54) is 4.57 Å². The zero-order valence-electron chi connectivity index (χ0n) is 8.86. The number of benzene rings is 1. The van der Waals surface area contributed by atoms with Gasteiger partial charge in [-0.05, 0) is 24.6 Å². The van der Waals surface area contributed by atoms with Crippen LogP contribution in [-0.4, -0.2) is 20.6 Å². The standard InChI is InChI=1S/C11H12N2O3/c1-7-2-3-9-8(6-7)12-11(16)13(9)5-4-10(14)15/h2-3,6H,4-5H2,1H3,(H,12,16)(H,14,15). The van der Waals surface area contributed by atoms with E-state index in [1.807, 2.05) is 25.1 Å². The largest absolute Gasteiger partial charge is 0.481 e. The number of hydrogen-bond donors (Lipinski definition) is 2. The van der Waals surface area contributed by atoms with E-state index >= 15 is 0 Å². The number of aromatic amines is 1. The molecule has 0 aliphatic heterocycles. The summed E-state index contributed by atoms with van der Waals surface area (Å²) in [4.78, 5) is 24.8. The Labute approximate surface area is 91.3 Å². The number of nitrogens with zero attached hydrogens (tertiary/aromatic N) is 1. The van der Waals surface area contributed by atoms with Crippen LogP contribution in [0, 0.1) is 6.92 Å². The van der Waals surface area contributed by atoms with Crippen molar-refractivity contribution < 1.29 is 9.90 Å². The van der Waals surface area contributed by atoms with Gasteiger partial charge in [0.15, 0.2) is 0 Å². The summed E-state index contributed by atoms with van der Waals surface area (Å²) in [7, 11) is 0. The first kappa shape index (κ1) is 10.5. The molecule has 0 aliphatic carbocycles. The van der Waals surface area contributed by atoms with Crippen molar-refractivity contribution in [2.75, 3.05) is 0 Å². The number of carbonyl (C=O) groups is 1. The van der Waals surface area contributed by atoms with Gasteiger partial charge in [0.2, 0.25) is 0 Å². The Kier molecular flexibility index (Phi) is 2.52. The highest BCUT2D eigenvalue weighted by Gasteiger charge is 2.07. The SMILES string of the molecule is Cc1ccc2c(c1)[nH]c(=O)n2CCC(=O)O. The van der Waals surface area contributed by atoms with Gasteiger partial charge in [-0.2, -0.15) is 0 Å². The summed E-state index contributed by atoms with van der Waals surface area (Å²) in [5.74, 6) is -0.909. The Morgan fingerprint density at radius 2 is 2.25 bits per heavy atom. The topological polar surface area (TPSA) is 75.1 Å². The monoisotopic (exact) mass is 220 g/mol. The fourth-order valence-electron chi connectivity index (χ4n) is 1.71. The molecule has 2 N–H and O–H groups in total. The van der Waals surface area contributed by atoms with Crippen molar-refractivity contribution in [1.82, 2.24) is 9.55 Å². The molecular formula is C11H12N2O3. The summed E-state index contributed by atoms with van der Waals surface area (Å²) < 4.78 is 1.45. The molecule has 0 radical (unpaired) electrons. The molecule has 0 amide bonds. The molecule has 0 saturated heterocycles. The van der Waals surface area contributed by atoms with Crippen LogP contribution < -0.4 is 5.69 Å². The van der Waals surface area contributed by atoms with Crippen molar-refractivity contribution in [3.63, 3.8) is 0 Å². The van der Waals surface area contributed by atoms with Gasteiger partial charge in [-0.15, -0.1) is 0 Å². The van der Waals surface area contributed by atoms with Crippen LogP contribution >= 0.6 is 0 Å². The zero-order valence-corrected chi connectivity index (χ0v) is 8.86. The second kappa shape index (κ2) is 3.84. The van der Waals surface area contributed by atoms with Crippen molar-refractivity contribution >= 4 is 17.0 Å². The van der Waals surface area contributed by atoms with Gasteiger partial charge in [0, 0.05) is 6.54 Å². The Morgan fingerprint density at radius 3 is 2.94 bits per heavy atom. The summed E-state index contributed by atoms with van der Waals surface area (Å²) in [5, 5.41) is 8.59. The highest BCUT2D eigenvalue weighted by Crippen LogP contribution is 2.12. The van der Waals surface area contributed by atoms with Gasteiger partial charge >= 0.3 is 11.7 Å². The van der Waals surface area contributed by atoms with E-state index in [1.54, 1.807) is 0 Å². The number of rotatable bonds is 3. The molecule has 1 aromatic heterocycles. The molecule has 0 saturated carbocycles.